The van der Waals surface area contributed by atoms with E-state index in [1.165, 1.54) is 0 Å². The van der Waals surface area contributed by atoms with Crippen molar-refractivity contribution in [2.24, 2.45) is 0 Å². The summed E-state index contributed by atoms with van der Waals surface area (Å²) in [5, 5.41) is 21.3. The lowest BCUT2D eigenvalue weighted by atomic mass is 10.1. The Morgan fingerprint density at radius 3 is 2.26 bits per heavy atom. The first-order valence-corrected chi connectivity index (χ1v) is 11.9. The number of aliphatic carboxylic acids is 1. The largest absolute Gasteiger partial charge is 0.492 e. The molecule has 2 N–H and O–H groups in total. The number of hydrogen-bond donors (Lipinski definition) is 2. The third kappa shape index (κ3) is 7.18. The Bertz CT molecular complexity index is 1400. The van der Waals surface area contributed by atoms with Gasteiger partial charge in [0.1, 0.15) is 18.1 Å². The van der Waals surface area contributed by atoms with Gasteiger partial charge in [-0.25, -0.2) is 4.79 Å². The number of carboxylic acid groups (broad SMARTS) is 1. The van der Waals surface area contributed by atoms with Crippen molar-refractivity contribution in [3.63, 3.8) is 0 Å². The maximum absolute atomic E-state index is 12.4. The van der Waals surface area contributed by atoms with Gasteiger partial charge in [-0.3, -0.25) is 9.78 Å². The van der Waals surface area contributed by atoms with Crippen LogP contribution < -0.4 is 14.8 Å². The standard InChI is InChI=1S/C30H25N3O5/c31-20-22-6-14-26(15-7-22)38-28(30(35)36)19-21-4-12-25(13-5-21)37-18-17-33-29(34)24-10-8-23(9-11-24)27-3-1-2-16-32-27/h1-16,28H,17-19H2,(H,33,34)(H,35,36). The van der Waals surface area contributed by atoms with Crippen molar-refractivity contribution in [1.29, 1.82) is 5.26 Å². The maximum Gasteiger partial charge on any atom is 0.345 e. The van der Waals surface area contributed by atoms with Gasteiger partial charge in [-0.05, 0) is 66.2 Å². The number of rotatable bonds is 11. The summed E-state index contributed by atoms with van der Waals surface area (Å²) in [5.41, 5.74) is 3.56. The molecule has 8 nitrogen and oxygen atoms in total. The summed E-state index contributed by atoms with van der Waals surface area (Å²) < 4.78 is 11.3. The monoisotopic (exact) mass is 507 g/mol. The van der Waals surface area contributed by atoms with E-state index in [2.05, 4.69) is 10.3 Å². The van der Waals surface area contributed by atoms with Crippen LogP contribution >= 0.6 is 0 Å². The van der Waals surface area contributed by atoms with Gasteiger partial charge in [0.2, 0.25) is 0 Å². The highest BCUT2D eigenvalue weighted by Crippen LogP contribution is 2.19. The van der Waals surface area contributed by atoms with E-state index in [9.17, 15) is 14.7 Å². The zero-order valence-corrected chi connectivity index (χ0v) is 20.4. The van der Waals surface area contributed by atoms with Crippen LogP contribution in [-0.4, -0.2) is 41.2 Å². The summed E-state index contributed by atoms with van der Waals surface area (Å²) in [7, 11) is 0. The number of benzene rings is 3. The van der Waals surface area contributed by atoms with Gasteiger partial charge in [-0.2, -0.15) is 5.26 Å². The number of aromatic nitrogens is 1. The highest BCUT2D eigenvalue weighted by Gasteiger charge is 2.20. The Hall–Kier alpha value is -5.16. The summed E-state index contributed by atoms with van der Waals surface area (Å²) in [5.74, 6) is -0.305. The van der Waals surface area contributed by atoms with Crippen LogP contribution in [0.1, 0.15) is 21.5 Å². The van der Waals surface area contributed by atoms with E-state index in [4.69, 9.17) is 14.7 Å². The van der Waals surface area contributed by atoms with Crippen molar-refractivity contribution in [1.82, 2.24) is 10.3 Å². The molecular formula is C30H25N3O5. The molecule has 1 heterocycles. The Kier molecular flexibility index (Phi) is 8.66. The number of carbonyl (C=O) groups excluding carboxylic acids is 1. The molecule has 190 valence electrons. The molecule has 0 fully saturated rings. The lowest BCUT2D eigenvalue weighted by Crippen LogP contribution is -2.29. The molecule has 0 saturated heterocycles. The molecule has 1 atom stereocenters. The number of nitrogens with zero attached hydrogens (tertiary/aromatic N) is 2. The SMILES string of the molecule is N#Cc1ccc(OC(Cc2ccc(OCCNC(=O)c3ccc(-c4ccccn4)cc3)cc2)C(=O)O)cc1. The fourth-order valence-electron chi connectivity index (χ4n) is 3.65. The van der Waals surface area contributed by atoms with E-state index in [0.29, 0.717) is 29.2 Å². The number of carboxylic acids is 1. The average molecular weight is 508 g/mol. The number of pyridine rings is 1. The second kappa shape index (κ2) is 12.7. The van der Waals surface area contributed by atoms with Gasteiger partial charge in [0.15, 0.2) is 6.10 Å². The van der Waals surface area contributed by atoms with Gasteiger partial charge in [0.25, 0.3) is 5.91 Å². The number of nitriles is 1. The molecule has 0 aliphatic carbocycles. The number of hydrogen-bond acceptors (Lipinski definition) is 6. The van der Waals surface area contributed by atoms with Crippen molar-refractivity contribution >= 4 is 11.9 Å². The van der Waals surface area contributed by atoms with Crippen LogP contribution in [0.3, 0.4) is 0 Å². The second-order valence-electron chi connectivity index (χ2n) is 8.33. The zero-order valence-electron chi connectivity index (χ0n) is 20.4. The van der Waals surface area contributed by atoms with Crippen molar-refractivity contribution < 1.29 is 24.2 Å². The molecule has 0 saturated carbocycles. The quantitative estimate of drug-likeness (QED) is 0.287. The van der Waals surface area contributed by atoms with E-state index in [-0.39, 0.29) is 18.9 Å². The van der Waals surface area contributed by atoms with Crippen LogP contribution in [0, 0.1) is 11.3 Å². The third-order valence-corrected chi connectivity index (χ3v) is 5.65. The molecule has 4 aromatic rings. The Morgan fingerprint density at radius 2 is 1.63 bits per heavy atom. The fourth-order valence-corrected chi connectivity index (χ4v) is 3.65. The van der Waals surface area contributed by atoms with Gasteiger partial charge >= 0.3 is 5.97 Å². The molecular weight excluding hydrogens is 482 g/mol. The summed E-state index contributed by atoms with van der Waals surface area (Å²) in [6.45, 7) is 0.596. The number of carbonyl (C=O) groups is 2. The van der Waals surface area contributed by atoms with Crippen molar-refractivity contribution in [2.75, 3.05) is 13.2 Å². The van der Waals surface area contributed by atoms with E-state index >= 15 is 0 Å². The Labute approximate surface area is 220 Å². The van der Waals surface area contributed by atoms with Crippen LogP contribution in [0.5, 0.6) is 11.5 Å². The average Bonchev–Trinajstić information content (AvgIpc) is 2.96. The first-order valence-electron chi connectivity index (χ1n) is 11.9. The molecule has 4 rings (SSSR count). The van der Waals surface area contributed by atoms with Crippen LogP contribution in [0.4, 0.5) is 0 Å². The minimum atomic E-state index is -1.09. The first kappa shape index (κ1) is 25.9. The summed E-state index contributed by atoms with van der Waals surface area (Å²) in [6.07, 6.45) is 0.803. The molecule has 0 bridgehead atoms. The van der Waals surface area contributed by atoms with Crippen LogP contribution in [0.15, 0.2) is 97.2 Å². The van der Waals surface area contributed by atoms with Gasteiger partial charge in [0.05, 0.1) is 23.9 Å². The van der Waals surface area contributed by atoms with E-state index in [1.807, 2.05) is 36.4 Å². The van der Waals surface area contributed by atoms with Crippen molar-refractivity contribution in [3.05, 3.63) is 114 Å². The van der Waals surface area contributed by atoms with E-state index in [0.717, 1.165) is 16.8 Å². The van der Waals surface area contributed by atoms with E-state index in [1.54, 1.807) is 66.9 Å². The fraction of sp³-hybridized carbons (Fsp3) is 0.133. The molecule has 0 aliphatic heterocycles. The first-order chi connectivity index (χ1) is 18.5. The lowest BCUT2D eigenvalue weighted by molar-refractivity contribution is -0.145. The van der Waals surface area contributed by atoms with Gasteiger partial charge < -0.3 is 19.9 Å². The molecule has 38 heavy (non-hydrogen) atoms. The Morgan fingerprint density at radius 1 is 0.921 bits per heavy atom. The predicted molar refractivity (Wildman–Crippen MR) is 141 cm³/mol. The Balaban J connectivity index is 1.22. The minimum Gasteiger partial charge on any atom is -0.492 e. The normalized spacial score (nSPS) is 11.1. The van der Waals surface area contributed by atoms with Gasteiger partial charge in [-0.1, -0.05) is 30.3 Å². The lowest BCUT2D eigenvalue weighted by Gasteiger charge is -2.15. The van der Waals surface area contributed by atoms with Crippen molar-refractivity contribution in [3.8, 4) is 28.8 Å². The molecule has 3 aromatic carbocycles. The highest BCUT2D eigenvalue weighted by atomic mass is 16.5. The molecule has 0 aliphatic rings. The number of amides is 1. The van der Waals surface area contributed by atoms with Crippen LogP contribution in [0.2, 0.25) is 0 Å². The smallest absolute Gasteiger partial charge is 0.345 e. The van der Waals surface area contributed by atoms with E-state index < -0.39 is 12.1 Å². The highest BCUT2D eigenvalue weighted by molar-refractivity contribution is 5.94. The summed E-state index contributed by atoms with van der Waals surface area (Å²) in [6, 6.07) is 28.2. The molecule has 1 amide bonds. The molecule has 8 heteroatoms. The van der Waals surface area contributed by atoms with Crippen LogP contribution in [0.25, 0.3) is 11.3 Å². The predicted octanol–water partition coefficient (Wildman–Crippen LogP) is 4.50. The number of ether oxygens (including phenoxy) is 2. The minimum absolute atomic E-state index is 0.158. The summed E-state index contributed by atoms with van der Waals surface area (Å²) in [4.78, 5) is 28.4. The second-order valence-corrected chi connectivity index (χ2v) is 8.33. The zero-order chi connectivity index (χ0) is 26.7. The molecule has 0 spiro atoms. The summed E-state index contributed by atoms with van der Waals surface area (Å²) >= 11 is 0. The topological polar surface area (TPSA) is 122 Å². The molecule has 0 radical (unpaired) electrons. The molecule has 1 unspecified atom stereocenters. The third-order valence-electron chi connectivity index (χ3n) is 5.65. The molecule has 1 aromatic heterocycles. The van der Waals surface area contributed by atoms with Crippen molar-refractivity contribution in [2.45, 2.75) is 12.5 Å². The maximum atomic E-state index is 12.4. The van der Waals surface area contributed by atoms with Gasteiger partial charge in [0, 0.05) is 23.7 Å². The van der Waals surface area contributed by atoms with Crippen LogP contribution in [-0.2, 0) is 11.2 Å². The number of nitrogens with one attached hydrogen (secondary N) is 1. The van der Waals surface area contributed by atoms with Gasteiger partial charge in [-0.15, -0.1) is 0 Å².